The number of anilines is 1. The van der Waals surface area contributed by atoms with Gasteiger partial charge in [-0.05, 0) is 24.3 Å². The number of rotatable bonds is 1. The highest BCUT2D eigenvalue weighted by atomic mass is 16.3. The van der Waals surface area contributed by atoms with Gasteiger partial charge in [-0.3, -0.25) is 4.40 Å². The number of pyridine rings is 1. The summed E-state index contributed by atoms with van der Waals surface area (Å²) in [6.45, 7) is 0. The average molecular weight is 225 g/mol. The molecule has 0 aliphatic carbocycles. The summed E-state index contributed by atoms with van der Waals surface area (Å²) in [5, 5.41) is 9.71. The molecule has 84 valence electrons. The molecule has 0 saturated carbocycles. The number of nitrogen functional groups attached to an aromatic ring is 1. The molecule has 3 rings (SSSR count). The van der Waals surface area contributed by atoms with Crippen LogP contribution in [0.4, 0.5) is 5.69 Å². The second-order valence-corrected chi connectivity index (χ2v) is 3.82. The van der Waals surface area contributed by atoms with Gasteiger partial charge in [-0.15, -0.1) is 0 Å². The molecule has 0 atom stereocenters. The lowest BCUT2D eigenvalue weighted by Crippen LogP contribution is -1.94. The maximum atomic E-state index is 9.71. The van der Waals surface area contributed by atoms with E-state index in [1.165, 1.54) is 0 Å². The van der Waals surface area contributed by atoms with Gasteiger partial charge in [0.05, 0.1) is 6.20 Å². The Morgan fingerprint density at radius 2 is 1.94 bits per heavy atom. The van der Waals surface area contributed by atoms with Crippen LogP contribution >= 0.6 is 0 Å². The summed E-state index contributed by atoms with van der Waals surface area (Å²) >= 11 is 0. The molecular formula is C13H11N3O. The highest BCUT2D eigenvalue weighted by Gasteiger charge is 2.10. The molecule has 0 amide bonds. The van der Waals surface area contributed by atoms with E-state index in [1.54, 1.807) is 18.3 Å². The van der Waals surface area contributed by atoms with Gasteiger partial charge in [0.15, 0.2) is 0 Å². The molecule has 0 bridgehead atoms. The van der Waals surface area contributed by atoms with E-state index in [9.17, 15) is 5.11 Å². The molecule has 17 heavy (non-hydrogen) atoms. The zero-order valence-corrected chi connectivity index (χ0v) is 9.04. The Hall–Kier alpha value is -2.49. The summed E-state index contributed by atoms with van der Waals surface area (Å²) in [5.74, 6) is 0.940. The fraction of sp³-hybridized carbons (Fsp3) is 0. The molecule has 2 heterocycles. The number of nitrogens with zero attached hydrogens (tertiary/aromatic N) is 2. The second kappa shape index (κ2) is 3.52. The van der Waals surface area contributed by atoms with E-state index in [0.717, 1.165) is 11.4 Å². The molecule has 1 aromatic carbocycles. The first-order valence-corrected chi connectivity index (χ1v) is 5.27. The Labute approximate surface area is 98.0 Å². The minimum atomic E-state index is 0.209. The van der Waals surface area contributed by atoms with Crippen LogP contribution in [0.5, 0.6) is 5.75 Å². The van der Waals surface area contributed by atoms with Crippen molar-refractivity contribution < 1.29 is 5.11 Å². The van der Waals surface area contributed by atoms with Gasteiger partial charge in [0, 0.05) is 17.4 Å². The molecule has 0 aliphatic rings. The van der Waals surface area contributed by atoms with Crippen LogP contribution in [0.3, 0.4) is 0 Å². The lowest BCUT2D eigenvalue weighted by atomic mass is 10.2. The molecule has 2 aromatic heterocycles. The van der Waals surface area contributed by atoms with Gasteiger partial charge in [0.1, 0.15) is 17.1 Å². The summed E-state index contributed by atoms with van der Waals surface area (Å²) in [5.41, 5.74) is 8.13. The molecule has 0 aliphatic heterocycles. The number of aromatic nitrogens is 2. The SMILES string of the molecule is Nc1ccccc1-c1ncc2c(O)cccn12. The maximum Gasteiger partial charge on any atom is 0.146 e. The zero-order valence-electron chi connectivity index (χ0n) is 9.04. The van der Waals surface area contributed by atoms with Crippen LogP contribution in [-0.2, 0) is 0 Å². The van der Waals surface area contributed by atoms with Crippen molar-refractivity contribution in [3.05, 3.63) is 48.8 Å². The van der Waals surface area contributed by atoms with Crippen LogP contribution < -0.4 is 5.73 Å². The van der Waals surface area contributed by atoms with E-state index >= 15 is 0 Å². The topological polar surface area (TPSA) is 63.5 Å². The van der Waals surface area contributed by atoms with Crippen molar-refractivity contribution in [3.8, 4) is 17.1 Å². The van der Waals surface area contributed by atoms with Crippen molar-refractivity contribution in [2.45, 2.75) is 0 Å². The van der Waals surface area contributed by atoms with Gasteiger partial charge < -0.3 is 10.8 Å². The van der Waals surface area contributed by atoms with E-state index in [0.29, 0.717) is 11.2 Å². The van der Waals surface area contributed by atoms with Gasteiger partial charge >= 0.3 is 0 Å². The van der Waals surface area contributed by atoms with Crippen LogP contribution in [0.15, 0.2) is 48.8 Å². The minimum absolute atomic E-state index is 0.209. The Bertz CT molecular complexity index is 688. The predicted molar refractivity (Wildman–Crippen MR) is 66.7 cm³/mol. The Balaban J connectivity index is 2.33. The molecule has 4 nitrogen and oxygen atoms in total. The molecule has 3 N–H and O–H groups in total. The molecule has 0 fully saturated rings. The summed E-state index contributed by atoms with van der Waals surface area (Å²) in [7, 11) is 0. The number of nitrogens with two attached hydrogens (primary N) is 1. The Kier molecular flexibility index (Phi) is 2.01. The largest absolute Gasteiger partial charge is 0.506 e. The van der Waals surface area contributed by atoms with E-state index in [2.05, 4.69) is 4.98 Å². The van der Waals surface area contributed by atoms with E-state index in [-0.39, 0.29) is 5.75 Å². The van der Waals surface area contributed by atoms with E-state index in [4.69, 9.17) is 5.73 Å². The number of benzene rings is 1. The number of fused-ring (bicyclic) bond motifs is 1. The smallest absolute Gasteiger partial charge is 0.146 e. The third-order valence-corrected chi connectivity index (χ3v) is 2.75. The molecule has 0 radical (unpaired) electrons. The molecule has 0 saturated heterocycles. The first-order valence-electron chi connectivity index (χ1n) is 5.27. The van der Waals surface area contributed by atoms with Crippen LogP contribution in [0.1, 0.15) is 0 Å². The number of hydrogen-bond acceptors (Lipinski definition) is 3. The molecule has 0 spiro atoms. The van der Waals surface area contributed by atoms with Gasteiger partial charge in [-0.2, -0.15) is 0 Å². The second-order valence-electron chi connectivity index (χ2n) is 3.82. The predicted octanol–water partition coefficient (Wildman–Crippen LogP) is 2.29. The fourth-order valence-electron chi connectivity index (χ4n) is 1.91. The quantitative estimate of drug-likeness (QED) is 0.624. The molecular weight excluding hydrogens is 214 g/mol. The van der Waals surface area contributed by atoms with Crippen molar-refractivity contribution in [1.29, 1.82) is 0 Å². The number of para-hydroxylation sites is 1. The van der Waals surface area contributed by atoms with Crippen molar-refractivity contribution in [2.24, 2.45) is 0 Å². The van der Waals surface area contributed by atoms with Gasteiger partial charge in [0.25, 0.3) is 0 Å². The van der Waals surface area contributed by atoms with Gasteiger partial charge in [-0.1, -0.05) is 12.1 Å². The van der Waals surface area contributed by atoms with Gasteiger partial charge in [0.2, 0.25) is 0 Å². The van der Waals surface area contributed by atoms with Crippen molar-refractivity contribution >= 4 is 11.2 Å². The lowest BCUT2D eigenvalue weighted by molar-refractivity contribution is 0.479. The van der Waals surface area contributed by atoms with Crippen LogP contribution in [0.25, 0.3) is 16.9 Å². The highest BCUT2D eigenvalue weighted by Crippen LogP contribution is 2.27. The Morgan fingerprint density at radius 1 is 1.12 bits per heavy atom. The summed E-state index contributed by atoms with van der Waals surface area (Å²) in [6.07, 6.45) is 3.49. The zero-order chi connectivity index (χ0) is 11.8. The monoisotopic (exact) mass is 225 g/mol. The van der Waals surface area contributed by atoms with Crippen LogP contribution in [0, 0.1) is 0 Å². The summed E-state index contributed by atoms with van der Waals surface area (Å²) < 4.78 is 1.82. The van der Waals surface area contributed by atoms with Crippen molar-refractivity contribution in [3.63, 3.8) is 0 Å². The fourth-order valence-corrected chi connectivity index (χ4v) is 1.91. The number of imidazole rings is 1. The standard InChI is InChI=1S/C13H11N3O/c14-10-5-2-1-4-9(10)13-15-8-11-12(17)6-3-7-16(11)13/h1-8,17H,14H2. The third-order valence-electron chi connectivity index (χ3n) is 2.75. The lowest BCUT2D eigenvalue weighted by Gasteiger charge is -2.04. The first-order chi connectivity index (χ1) is 8.27. The molecule has 3 aromatic rings. The normalized spacial score (nSPS) is 10.8. The summed E-state index contributed by atoms with van der Waals surface area (Å²) in [6, 6.07) is 10.9. The number of aromatic hydroxyl groups is 1. The van der Waals surface area contributed by atoms with Crippen LogP contribution in [0.2, 0.25) is 0 Å². The van der Waals surface area contributed by atoms with Crippen molar-refractivity contribution in [2.75, 3.05) is 5.73 Å². The van der Waals surface area contributed by atoms with Gasteiger partial charge in [-0.25, -0.2) is 4.98 Å². The third kappa shape index (κ3) is 1.42. The molecule has 0 unspecified atom stereocenters. The Morgan fingerprint density at radius 3 is 2.76 bits per heavy atom. The highest BCUT2D eigenvalue weighted by molar-refractivity contribution is 5.75. The minimum Gasteiger partial charge on any atom is -0.506 e. The maximum absolute atomic E-state index is 9.71. The van der Waals surface area contributed by atoms with E-state index < -0.39 is 0 Å². The average Bonchev–Trinajstić information content (AvgIpc) is 2.75. The number of hydrogen-bond donors (Lipinski definition) is 2. The van der Waals surface area contributed by atoms with Crippen LogP contribution in [-0.4, -0.2) is 14.5 Å². The van der Waals surface area contributed by atoms with Crippen molar-refractivity contribution in [1.82, 2.24) is 9.38 Å². The van der Waals surface area contributed by atoms with E-state index in [1.807, 2.05) is 34.9 Å². The summed E-state index contributed by atoms with van der Waals surface area (Å²) in [4.78, 5) is 4.31. The first kappa shape index (κ1) is 9.72. The molecule has 4 heteroatoms.